The van der Waals surface area contributed by atoms with E-state index in [-0.39, 0.29) is 0 Å². The molecule has 0 aliphatic rings. The molecule has 1 aromatic carbocycles. The normalized spacial score (nSPS) is 14.1. The number of carbonyl (C=O) groups is 2. The third kappa shape index (κ3) is 3.71. The summed E-state index contributed by atoms with van der Waals surface area (Å²) in [5, 5.41) is 18.7. The lowest BCUT2D eigenvalue weighted by atomic mass is 9.98. The van der Waals surface area contributed by atoms with Crippen molar-refractivity contribution in [1.82, 2.24) is 0 Å². The highest BCUT2D eigenvalue weighted by Gasteiger charge is 2.37. The Labute approximate surface area is 104 Å². The molecule has 0 saturated heterocycles. The van der Waals surface area contributed by atoms with Crippen molar-refractivity contribution in [1.29, 1.82) is 0 Å². The van der Waals surface area contributed by atoms with E-state index in [0.717, 1.165) is 18.7 Å². The lowest BCUT2D eigenvalue weighted by Crippen LogP contribution is -2.39. The SMILES string of the molecule is COC(=O)C(O)(/C=C/c1ccccc1)CC(=O)O. The summed E-state index contributed by atoms with van der Waals surface area (Å²) < 4.78 is 4.40. The summed E-state index contributed by atoms with van der Waals surface area (Å²) in [5.41, 5.74) is -1.42. The van der Waals surface area contributed by atoms with Crippen molar-refractivity contribution in [2.24, 2.45) is 0 Å². The Kier molecular flexibility index (Phi) is 4.62. The summed E-state index contributed by atoms with van der Waals surface area (Å²) >= 11 is 0. The molecule has 0 bridgehead atoms. The van der Waals surface area contributed by atoms with Gasteiger partial charge in [0.1, 0.15) is 0 Å². The Morgan fingerprint density at radius 1 is 1.33 bits per heavy atom. The molecule has 0 fully saturated rings. The molecule has 0 aliphatic heterocycles. The van der Waals surface area contributed by atoms with Crippen molar-refractivity contribution in [3.8, 4) is 0 Å². The summed E-state index contributed by atoms with van der Waals surface area (Å²) in [6.07, 6.45) is 1.85. The number of carboxylic acid groups (broad SMARTS) is 1. The van der Waals surface area contributed by atoms with Gasteiger partial charge in [0.15, 0.2) is 5.60 Å². The van der Waals surface area contributed by atoms with Gasteiger partial charge in [-0.2, -0.15) is 0 Å². The number of ether oxygens (including phenoxy) is 1. The van der Waals surface area contributed by atoms with Crippen LogP contribution in [0.25, 0.3) is 6.08 Å². The number of aliphatic carboxylic acids is 1. The van der Waals surface area contributed by atoms with E-state index < -0.39 is 24.0 Å². The van der Waals surface area contributed by atoms with Crippen molar-refractivity contribution in [3.63, 3.8) is 0 Å². The van der Waals surface area contributed by atoms with Gasteiger partial charge >= 0.3 is 11.9 Å². The monoisotopic (exact) mass is 250 g/mol. The second-order valence-corrected chi connectivity index (χ2v) is 3.73. The molecule has 0 heterocycles. The van der Waals surface area contributed by atoms with Gasteiger partial charge in [0.05, 0.1) is 13.5 Å². The number of carboxylic acids is 1. The molecule has 96 valence electrons. The highest BCUT2D eigenvalue weighted by atomic mass is 16.5. The van der Waals surface area contributed by atoms with Crippen molar-refractivity contribution < 1.29 is 24.5 Å². The summed E-state index contributed by atoms with van der Waals surface area (Å²) in [5.74, 6) is -2.29. The average Bonchev–Trinajstić information content (AvgIpc) is 2.36. The highest BCUT2D eigenvalue weighted by Crippen LogP contribution is 2.16. The van der Waals surface area contributed by atoms with Crippen LogP contribution in [0.3, 0.4) is 0 Å². The molecule has 18 heavy (non-hydrogen) atoms. The van der Waals surface area contributed by atoms with Crippen LogP contribution in [0.4, 0.5) is 0 Å². The molecule has 1 rings (SSSR count). The van der Waals surface area contributed by atoms with Crippen LogP contribution in [-0.4, -0.2) is 34.9 Å². The maximum atomic E-state index is 11.4. The largest absolute Gasteiger partial charge is 0.481 e. The quantitative estimate of drug-likeness (QED) is 0.764. The molecule has 1 atom stereocenters. The van der Waals surface area contributed by atoms with Gasteiger partial charge in [-0.15, -0.1) is 0 Å². The predicted molar refractivity (Wildman–Crippen MR) is 64.7 cm³/mol. The van der Waals surface area contributed by atoms with Crippen LogP contribution in [0, 0.1) is 0 Å². The van der Waals surface area contributed by atoms with Gasteiger partial charge in [-0.25, -0.2) is 4.79 Å². The van der Waals surface area contributed by atoms with E-state index in [1.165, 1.54) is 6.08 Å². The third-order valence-electron chi connectivity index (χ3n) is 2.31. The summed E-state index contributed by atoms with van der Waals surface area (Å²) in [6, 6.07) is 8.91. The number of hydrogen-bond donors (Lipinski definition) is 2. The summed E-state index contributed by atoms with van der Waals surface area (Å²) in [6.45, 7) is 0. The van der Waals surface area contributed by atoms with E-state index in [1.54, 1.807) is 24.3 Å². The number of methoxy groups -OCH3 is 1. The minimum Gasteiger partial charge on any atom is -0.481 e. The zero-order valence-electron chi connectivity index (χ0n) is 9.87. The van der Waals surface area contributed by atoms with Gasteiger partial charge in [-0.3, -0.25) is 4.79 Å². The van der Waals surface area contributed by atoms with Crippen LogP contribution < -0.4 is 0 Å². The highest BCUT2D eigenvalue weighted by molar-refractivity contribution is 5.88. The first-order valence-corrected chi connectivity index (χ1v) is 5.25. The second kappa shape index (κ2) is 5.97. The van der Waals surface area contributed by atoms with E-state index in [0.29, 0.717) is 0 Å². The first-order chi connectivity index (χ1) is 8.48. The molecule has 1 aromatic rings. The molecule has 5 heteroatoms. The smallest absolute Gasteiger partial charge is 0.342 e. The molecule has 0 amide bonds. The number of rotatable bonds is 5. The molecule has 5 nitrogen and oxygen atoms in total. The number of esters is 1. The first-order valence-electron chi connectivity index (χ1n) is 5.25. The number of hydrogen-bond acceptors (Lipinski definition) is 4. The fourth-order valence-corrected chi connectivity index (χ4v) is 1.40. The van der Waals surface area contributed by atoms with Crippen LogP contribution in [0.2, 0.25) is 0 Å². The fraction of sp³-hybridized carbons (Fsp3) is 0.231. The van der Waals surface area contributed by atoms with Crippen LogP contribution in [0.5, 0.6) is 0 Å². The summed E-state index contributed by atoms with van der Waals surface area (Å²) in [4.78, 5) is 22.0. The van der Waals surface area contributed by atoms with Crippen LogP contribution >= 0.6 is 0 Å². The molecular formula is C13H14O5. The van der Waals surface area contributed by atoms with Gasteiger partial charge in [0.25, 0.3) is 0 Å². The number of aliphatic hydroxyl groups is 1. The van der Waals surface area contributed by atoms with Crippen LogP contribution in [-0.2, 0) is 14.3 Å². The lowest BCUT2D eigenvalue weighted by molar-refractivity contribution is -0.162. The minimum absolute atomic E-state index is 0.741. The Bertz CT molecular complexity index is 452. The molecule has 2 N–H and O–H groups in total. The molecule has 1 unspecified atom stereocenters. The van der Waals surface area contributed by atoms with Crippen LogP contribution in [0.1, 0.15) is 12.0 Å². The molecular weight excluding hydrogens is 236 g/mol. The molecule has 0 aliphatic carbocycles. The maximum absolute atomic E-state index is 11.4. The maximum Gasteiger partial charge on any atom is 0.342 e. The Morgan fingerprint density at radius 3 is 2.44 bits per heavy atom. The minimum atomic E-state index is -2.16. The Balaban J connectivity index is 2.95. The topological polar surface area (TPSA) is 83.8 Å². The van der Waals surface area contributed by atoms with Gasteiger partial charge in [0, 0.05) is 0 Å². The number of benzene rings is 1. The Morgan fingerprint density at radius 2 is 1.94 bits per heavy atom. The number of carbonyl (C=O) groups excluding carboxylic acids is 1. The molecule has 0 aromatic heterocycles. The van der Waals surface area contributed by atoms with E-state index in [4.69, 9.17) is 5.11 Å². The zero-order chi connectivity index (χ0) is 13.6. The standard InChI is InChI=1S/C13H14O5/c1-18-12(16)13(17,9-11(14)15)8-7-10-5-3-2-4-6-10/h2-8,17H,9H2,1H3,(H,14,15)/b8-7+. The van der Waals surface area contributed by atoms with Crippen molar-refractivity contribution >= 4 is 18.0 Å². The van der Waals surface area contributed by atoms with Gasteiger partial charge in [-0.1, -0.05) is 36.4 Å². The van der Waals surface area contributed by atoms with Gasteiger partial charge in [-0.05, 0) is 11.6 Å². The first kappa shape index (κ1) is 13.9. The van der Waals surface area contributed by atoms with Gasteiger partial charge in [0.2, 0.25) is 0 Å². The van der Waals surface area contributed by atoms with E-state index in [9.17, 15) is 14.7 Å². The van der Waals surface area contributed by atoms with E-state index in [1.807, 2.05) is 6.07 Å². The second-order valence-electron chi connectivity index (χ2n) is 3.73. The third-order valence-corrected chi connectivity index (χ3v) is 2.31. The van der Waals surface area contributed by atoms with Gasteiger partial charge < -0.3 is 14.9 Å². The molecule has 0 saturated carbocycles. The van der Waals surface area contributed by atoms with Crippen molar-refractivity contribution in [3.05, 3.63) is 42.0 Å². The summed E-state index contributed by atoms with van der Waals surface area (Å²) in [7, 11) is 1.09. The lowest BCUT2D eigenvalue weighted by Gasteiger charge is -2.19. The zero-order valence-corrected chi connectivity index (χ0v) is 9.87. The van der Waals surface area contributed by atoms with Crippen LogP contribution in [0.15, 0.2) is 36.4 Å². The predicted octanol–water partition coefficient (Wildman–Crippen LogP) is 1.08. The van der Waals surface area contributed by atoms with E-state index >= 15 is 0 Å². The molecule has 0 spiro atoms. The fourth-order valence-electron chi connectivity index (χ4n) is 1.40. The van der Waals surface area contributed by atoms with Crippen molar-refractivity contribution in [2.45, 2.75) is 12.0 Å². The Hall–Kier alpha value is -2.14. The molecule has 0 radical (unpaired) electrons. The van der Waals surface area contributed by atoms with E-state index in [2.05, 4.69) is 4.74 Å². The van der Waals surface area contributed by atoms with Crippen molar-refractivity contribution in [2.75, 3.05) is 7.11 Å². The average molecular weight is 250 g/mol.